The molecule has 0 atom stereocenters. The molecule has 1 aromatic carbocycles. The van der Waals surface area contributed by atoms with Crippen molar-refractivity contribution in [2.45, 2.75) is 0 Å². The molecule has 0 fully saturated rings. The molecule has 2 aromatic heterocycles. The van der Waals surface area contributed by atoms with Gasteiger partial charge in [0.25, 0.3) is 5.91 Å². The van der Waals surface area contributed by atoms with Gasteiger partial charge in [0, 0.05) is 11.9 Å². The topological polar surface area (TPSA) is 96.7 Å². The van der Waals surface area contributed by atoms with Crippen LogP contribution in [-0.4, -0.2) is 21.1 Å². The highest BCUT2D eigenvalue weighted by Gasteiger charge is 2.11. The van der Waals surface area contributed by atoms with Crippen molar-refractivity contribution >= 4 is 28.3 Å². The number of pyridine rings is 1. The van der Waals surface area contributed by atoms with Gasteiger partial charge in [-0.1, -0.05) is 12.1 Å². The van der Waals surface area contributed by atoms with Crippen molar-refractivity contribution in [1.29, 1.82) is 0 Å². The molecule has 3 aromatic rings. The fraction of sp³-hybridized carbons (Fsp3) is 0. The van der Waals surface area contributed by atoms with Crippen LogP contribution in [0.5, 0.6) is 0 Å². The molecule has 0 bridgehead atoms. The third kappa shape index (κ3) is 1.99. The maximum absolute atomic E-state index is 12.2. The lowest BCUT2D eigenvalue weighted by atomic mass is 10.1. The Morgan fingerprint density at radius 1 is 1.26 bits per heavy atom. The van der Waals surface area contributed by atoms with E-state index in [0.717, 1.165) is 5.39 Å². The summed E-state index contributed by atoms with van der Waals surface area (Å²) in [4.78, 5) is 16.3. The summed E-state index contributed by atoms with van der Waals surface area (Å²) in [5, 5.41) is 10.2. The van der Waals surface area contributed by atoms with Gasteiger partial charge in [-0.15, -0.1) is 0 Å². The SMILES string of the molecule is Nc1ccccc1C(=O)Nc1ccnc2[nH]ncc12. The van der Waals surface area contributed by atoms with Crippen molar-refractivity contribution in [2.75, 3.05) is 11.1 Å². The fourth-order valence-corrected chi connectivity index (χ4v) is 1.85. The molecule has 2 heterocycles. The van der Waals surface area contributed by atoms with E-state index in [-0.39, 0.29) is 5.91 Å². The molecule has 0 saturated carbocycles. The number of nitrogens with one attached hydrogen (secondary N) is 2. The number of fused-ring (bicyclic) bond motifs is 1. The number of carbonyl (C=O) groups is 1. The second-order valence-electron chi connectivity index (χ2n) is 4.03. The Hall–Kier alpha value is -2.89. The normalized spacial score (nSPS) is 10.5. The number of carbonyl (C=O) groups excluding carboxylic acids is 1. The number of hydrogen-bond acceptors (Lipinski definition) is 4. The summed E-state index contributed by atoms with van der Waals surface area (Å²) in [5.41, 5.74) is 7.93. The van der Waals surface area contributed by atoms with Crippen molar-refractivity contribution in [3.8, 4) is 0 Å². The quantitative estimate of drug-likeness (QED) is 0.606. The largest absolute Gasteiger partial charge is 0.398 e. The number of nitrogens with two attached hydrogens (primary N) is 1. The van der Waals surface area contributed by atoms with Gasteiger partial charge in [0.05, 0.1) is 22.8 Å². The zero-order valence-electron chi connectivity index (χ0n) is 9.92. The first-order chi connectivity index (χ1) is 9.25. The minimum atomic E-state index is -0.258. The number of aromatic amines is 1. The van der Waals surface area contributed by atoms with Gasteiger partial charge in [0.2, 0.25) is 0 Å². The number of hydrogen-bond donors (Lipinski definition) is 3. The average Bonchev–Trinajstić information content (AvgIpc) is 2.88. The van der Waals surface area contributed by atoms with Crippen LogP contribution < -0.4 is 11.1 Å². The van der Waals surface area contributed by atoms with Crippen LogP contribution in [0.15, 0.2) is 42.7 Å². The van der Waals surface area contributed by atoms with Crippen molar-refractivity contribution in [1.82, 2.24) is 15.2 Å². The van der Waals surface area contributed by atoms with Crippen LogP contribution in [-0.2, 0) is 0 Å². The lowest BCUT2D eigenvalue weighted by Crippen LogP contribution is -2.14. The molecule has 0 aliphatic heterocycles. The third-order valence-electron chi connectivity index (χ3n) is 2.81. The first kappa shape index (κ1) is 11.2. The van der Waals surface area contributed by atoms with Crippen LogP contribution in [0.25, 0.3) is 11.0 Å². The van der Waals surface area contributed by atoms with Gasteiger partial charge >= 0.3 is 0 Å². The van der Waals surface area contributed by atoms with Crippen LogP contribution in [0.4, 0.5) is 11.4 Å². The highest BCUT2D eigenvalue weighted by Crippen LogP contribution is 2.20. The Labute approximate surface area is 108 Å². The van der Waals surface area contributed by atoms with Gasteiger partial charge in [-0.25, -0.2) is 4.98 Å². The second kappa shape index (κ2) is 4.41. The number of nitrogen functional groups attached to an aromatic ring is 1. The molecular formula is C13H11N5O. The van der Waals surface area contributed by atoms with E-state index in [9.17, 15) is 4.79 Å². The van der Waals surface area contributed by atoms with E-state index in [1.54, 1.807) is 42.7 Å². The predicted molar refractivity (Wildman–Crippen MR) is 72.7 cm³/mol. The molecule has 19 heavy (non-hydrogen) atoms. The van der Waals surface area contributed by atoms with Crippen molar-refractivity contribution < 1.29 is 4.79 Å². The molecule has 0 saturated heterocycles. The highest BCUT2D eigenvalue weighted by atomic mass is 16.1. The molecule has 4 N–H and O–H groups in total. The van der Waals surface area contributed by atoms with E-state index < -0.39 is 0 Å². The Morgan fingerprint density at radius 2 is 2.11 bits per heavy atom. The molecule has 0 unspecified atom stereocenters. The molecule has 6 heteroatoms. The smallest absolute Gasteiger partial charge is 0.257 e. The second-order valence-corrected chi connectivity index (χ2v) is 4.03. The van der Waals surface area contributed by atoms with Crippen LogP contribution in [0.3, 0.4) is 0 Å². The van der Waals surface area contributed by atoms with E-state index in [2.05, 4.69) is 20.5 Å². The summed E-state index contributed by atoms with van der Waals surface area (Å²) in [6.45, 7) is 0. The molecule has 6 nitrogen and oxygen atoms in total. The van der Waals surface area contributed by atoms with Crippen LogP contribution in [0.1, 0.15) is 10.4 Å². The van der Waals surface area contributed by atoms with Crippen molar-refractivity contribution in [3.63, 3.8) is 0 Å². The number of rotatable bonds is 2. The van der Waals surface area contributed by atoms with E-state index >= 15 is 0 Å². The molecular weight excluding hydrogens is 242 g/mol. The maximum atomic E-state index is 12.2. The molecule has 3 rings (SSSR count). The van der Waals surface area contributed by atoms with Gasteiger partial charge < -0.3 is 11.1 Å². The van der Waals surface area contributed by atoms with Gasteiger partial charge in [0.1, 0.15) is 0 Å². The lowest BCUT2D eigenvalue weighted by molar-refractivity contribution is 0.102. The van der Waals surface area contributed by atoms with Gasteiger partial charge in [-0.05, 0) is 18.2 Å². The number of amides is 1. The van der Waals surface area contributed by atoms with Gasteiger partial charge in [-0.2, -0.15) is 5.10 Å². The van der Waals surface area contributed by atoms with E-state index in [4.69, 9.17) is 5.73 Å². The maximum Gasteiger partial charge on any atom is 0.257 e. The number of nitrogens with zero attached hydrogens (tertiary/aromatic N) is 2. The molecule has 0 spiro atoms. The monoisotopic (exact) mass is 253 g/mol. The zero-order chi connectivity index (χ0) is 13.2. The number of anilines is 2. The minimum Gasteiger partial charge on any atom is -0.398 e. The predicted octanol–water partition coefficient (Wildman–Crippen LogP) is 1.79. The fourth-order valence-electron chi connectivity index (χ4n) is 1.85. The van der Waals surface area contributed by atoms with Gasteiger partial charge in [0.15, 0.2) is 5.65 Å². The Morgan fingerprint density at radius 3 is 2.95 bits per heavy atom. The summed E-state index contributed by atoms with van der Waals surface area (Å²) in [7, 11) is 0. The molecule has 0 radical (unpaired) electrons. The average molecular weight is 253 g/mol. The standard InChI is InChI=1S/C13H11N5O/c14-10-4-2-1-3-8(10)13(19)17-11-5-6-15-12-9(11)7-16-18-12/h1-7H,14H2,(H2,15,16,17,18,19). The first-order valence-electron chi connectivity index (χ1n) is 5.69. The van der Waals surface area contributed by atoms with Gasteiger partial charge in [-0.3, -0.25) is 9.89 Å². The highest BCUT2D eigenvalue weighted by molar-refractivity contribution is 6.10. The Bertz CT molecular complexity index is 749. The van der Waals surface area contributed by atoms with Crippen molar-refractivity contribution in [3.05, 3.63) is 48.3 Å². The molecule has 1 amide bonds. The molecule has 0 aliphatic carbocycles. The Balaban J connectivity index is 1.95. The summed E-state index contributed by atoms with van der Waals surface area (Å²) in [5.74, 6) is -0.258. The summed E-state index contributed by atoms with van der Waals surface area (Å²) in [6.07, 6.45) is 3.22. The summed E-state index contributed by atoms with van der Waals surface area (Å²) < 4.78 is 0. The summed E-state index contributed by atoms with van der Waals surface area (Å²) >= 11 is 0. The molecule has 94 valence electrons. The van der Waals surface area contributed by atoms with Crippen molar-refractivity contribution in [2.24, 2.45) is 0 Å². The van der Waals surface area contributed by atoms with Crippen LogP contribution in [0, 0.1) is 0 Å². The lowest BCUT2D eigenvalue weighted by Gasteiger charge is -2.07. The number of H-pyrrole nitrogens is 1. The third-order valence-corrected chi connectivity index (χ3v) is 2.81. The van der Waals surface area contributed by atoms with Crippen LogP contribution >= 0.6 is 0 Å². The van der Waals surface area contributed by atoms with E-state index in [1.165, 1.54) is 0 Å². The summed E-state index contributed by atoms with van der Waals surface area (Å²) in [6, 6.07) is 8.64. The van der Waals surface area contributed by atoms with E-state index in [1.807, 2.05) is 0 Å². The zero-order valence-corrected chi connectivity index (χ0v) is 9.92. The first-order valence-corrected chi connectivity index (χ1v) is 5.69. The minimum absolute atomic E-state index is 0.258. The number of para-hydroxylation sites is 1. The molecule has 0 aliphatic rings. The van der Waals surface area contributed by atoms with Crippen LogP contribution in [0.2, 0.25) is 0 Å². The number of aromatic nitrogens is 3. The Kier molecular flexibility index (Phi) is 2.60. The van der Waals surface area contributed by atoms with E-state index in [0.29, 0.717) is 22.6 Å². The number of benzene rings is 1.